The molecule has 83 heavy (non-hydrogen) atoms. The molecule has 11 N–H and O–H groups in total. The van der Waals surface area contributed by atoms with Crippen LogP contribution < -0.4 is 53.2 Å². The van der Waals surface area contributed by atoms with Crippen LogP contribution in [-0.2, 0) is 47.9 Å². The number of likely N-dealkylation sites (tertiary alicyclic amines) is 1. The average Bonchev–Trinajstić information content (AvgIpc) is 3.55. The van der Waals surface area contributed by atoms with Gasteiger partial charge in [0.15, 0.2) is 0 Å². The lowest BCUT2D eigenvalue weighted by molar-refractivity contribution is -0.143. The number of hydrogen-bond acceptors (Lipinski definition) is 12. The second-order valence-corrected chi connectivity index (χ2v) is 25.8. The highest BCUT2D eigenvalue weighted by molar-refractivity contribution is 6.00. The van der Waals surface area contributed by atoms with Crippen LogP contribution in [0.3, 0.4) is 0 Å². The molecule has 0 radical (unpaired) electrons. The molecule has 22 nitrogen and oxygen atoms in total. The highest BCUT2D eigenvalue weighted by Crippen LogP contribution is 2.28. The molecular weight excluding hydrogens is 1060 g/mol. The van der Waals surface area contributed by atoms with Crippen LogP contribution in [0.2, 0.25) is 0 Å². The van der Waals surface area contributed by atoms with Gasteiger partial charge >= 0.3 is 0 Å². The monoisotopic (exact) mass is 1170 g/mol. The van der Waals surface area contributed by atoms with Gasteiger partial charge in [-0.3, -0.25) is 47.9 Å². The number of aliphatic hydroxyl groups is 1. The van der Waals surface area contributed by atoms with Gasteiger partial charge in [-0.05, 0) is 118 Å². The highest BCUT2D eigenvalue weighted by Gasteiger charge is 2.42. The predicted molar refractivity (Wildman–Crippen MR) is 322 cm³/mol. The van der Waals surface area contributed by atoms with Crippen molar-refractivity contribution in [2.24, 2.45) is 17.8 Å². The third kappa shape index (κ3) is 27.5. The van der Waals surface area contributed by atoms with Crippen molar-refractivity contribution in [3.8, 4) is 0 Å². The van der Waals surface area contributed by atoms with E-state index < -0.39 is 94.1 Å². The topological polar surface area (TPSA) is 314 Å². The second-order valence-electron chi connectivity index (χ2n) is 25.8. The Kier molecular flexibility index (Phi) is 33.0. The van der Waals surface area contributed by atoms with Gasteiger partial charge in [-0.25, -0.2) is 0 Å². The number of carbonyl (C=O) groups is 10. The lowest BCUT2D eigenvalue weighted by atomic mass is 9.84. The standard InChI is InChI=1S/C61H111N11O11/c1-14-16-17-18-19-23-29-44(52(77)65-46(37-41(5)6)53(78)69-59(8,9)56(81)68-45(36-40(3)4)51(76)63-32-31-49(74)64-42(7)39-62-33-35-73)67-57(82)60(10,11)71-58(83)61(12,13)70-54(79)47(38-43-27-21-20-22-28-43)66-55(80)48-30-24-25-34-72(48)50(75)26-15-2/h40-48,62,73H,14-39H2,1-13H3,(H,63,76)(H,64,74)(H,65,77)(H,66,80)(H,67,82)(H,68,81)(H,69,78)(H,70,79)(H,71,83)/t42-,44-,45-,46-,47-,48-/m0/s1. The summed E-state index contributed by atoms with van der Waals surface area (Å²) in [6, 6.07) is -5.18. The maximum absolute atomic E-state index is 14.4. The summed E-state index contributed by atoms with van der Waals surface area (Å²) in [5, 5.41) is 37.4. The molecule has 0 aromatic heterocycles. The van der Waals surface area contributed by atoms with Crippen molar-refractivity contribution in [2.75, 3.05) is 32.8 Å². The Bertz CT molecular complexity index is 2090. The van der Waals surface area contributed by atoms with E-state index >= 15 is 0 Å². The maximum atomic E-state index is 14.4. The van der Waals surface area contributed by atoms with E-state index in [1.807, 2.05) is 41.5 Å². The molecule has 6 atom stereocenters. The van der Waals surface area contributed by atoms with Crippen molar-refractivity contribution in [1.82, 2.24) is 58.1 Å². The van der Waals surface area contributed by atoms with Crippen LogP contribution in [0.25, 0.3) is 0 Å². The van der Waals surface area contributed by atoms with Crippen molar-refractivity contribution >= 4 is 59.1 Å². The first-order valence-corrected chi connectivity index (χ1v) is 31.4. The molecular formula is C61H111N11O11. The molecule has 10 amide bonds. The van der Waals surface area contributed by atoms with Crippen LogP contribution in [0.15, 0.2) is 0 Å². The quantitative estimate of drug-likeness (QED) is 0.0388. The van der Waals surface area contributed by atoms with E-state index in [0.717, 1.165) is 77.0 Å². The molecule has 22 heteroatoms. The molecule has 1 saturated heterocycles. The molecule has 0 aromatic rings. The van der Waals surface area contributed by atoms with Crippen LogP contribution in [-0.4, -0.2) is 155 Å². The number of amides is 10. The summed E-state index contributed by atoms with van der Waals surface area (Å²) in [6.45, 7) is 23.7. The summed E-state index contributed by atoms with van der Waals surface area (Å²) in [7, 11) is 0. The molecule has 2 aliphatic rings. The normalized spacial score (nSPS) is 17.0. The third-order valence-electron chi connectivity index (χ3n) is 15.5. The first-order valence-electron chi connectivity index (χ1n) is 31.4. The molecule has 2 fully saturated rings. The van der Waals surface area contributed by atoms with Crippen LogP contribution in [0, 0.1) is 17.8 Å². The summed E-state index contributed by atoms with van der Waals surface area (Å²) in [4.78, 5) is 140. The minimum atomic E-state index is -1.63. The second kappa shape index (κ2) is 37.1. The number of unbranched alkanes of at least 4 members (excludes halogenated alkanes) is 5. The number of nitrogens with zero attached hydrogens (tertiary/aromatic N) is 1. The zero-order chi connectivity index (χ0) is 62.5. The number of piperidine rings is 1. The Morgan fingerprint density at radius 2 is 1.07 bits per heavy atom. The SMILES string of the molecule is CCCCCCCC[C@H](NC(=O)C(C)(C)NC(=O)C(C)(C)NC(=O)[C@H](CC1CCCCC1)NC(=O)[C@@H]1CCCCN1C(=O)CCC)C(=O)N[C@@H](CC(C)C)C(=O)NC(C)(C)C(=O)N[C@@H](CC(C)C)C(=O)NCCC(=O)N[C@@H](C)CNCCO. The van der Waals surface area contributed by atoms with Gasteiger partial charge in [-0.15, -0.1) is 0 Å². The van der Waals surface area contributed by atoms with Crippen molar-refractivity contribution in [3.63, 3.8) is 0 Å². The molecule has 1 aliphatic carbocycles. The zero-order valence-corrected chi connectivity index (χ0v) is 53.1. The van der Waals surface area contributed by atoms with E-state index in [1.165, 1.54) is 41.5 Å². The van der Waals surface area contributed by atoms with E-state index in [2.05, 4.69) is 60.1 Å². The minimum Gasteiger partial charge on any atom is -0.395 e. The fourth-order valence-corrected chi connectivity index (χ4v) is 10.5. The van der Waals surface area contributed by atoms with E-state index in [-0.39, 0.29) is 74.4 Å². The minimum absolute atomic E-state index is 0.00339. The number of aliphatic hydroxyl groups excluding tert-OH is 1. The highest BCUT2D eigenvalue weighted by atomic mass is 16.3. The van der Waals surface area contributed by atoms with Crippen LogP contribution in [0.4, 0.5) is 0 Å². The molecule has 0 aromatic carbocycles. The molecule has 0 bridgehead atoms. The van der Waals surface area contributed by atoms with Gasteiger partial charge in [-0.2, -0.15) is 0 Å². The van der Waals surface area contributed by atoms with Gasteiger partial charge < -0.3 is 63.2 Å². The summed E-state index contributed by atoms with van der Waals surface area (Å²) in [5.41, 5.74) is -4.80. The Labute approximate surface area is 496 Å². The smallest absolute Gasteiger partial charge is 0.246 e. The van der Waals surface area contributed by atoms with Crippen LogP contribution in [0.5, 0.6) is 0 Å². The molecule has 1 aliphatic heterocycles. The molecule has 0 spiro atoms. The van der Waals surface area contributed by atoms with Gasteiger partial charge in [0, 0.05) is 45.1 Å². The Hall–Kier alpha value is -5.38. The largest absolute Gasteiger partial charge is 0.395 e. The van der Waals surface area contributed by atoms with Gasteiger partial charge in [0.1, 0.15) is 46.8 Å². The Balaban J connectivity index is 2.27. The predicted octanol–water partition coefficient (Wildman–Crippen LogP) is 4.20. The van der Waals surface area contributed by atoms with E-state index in [9.17, 15) is 47.9 Å². The van der Waals surface area contributed by atoms with Gasteiger partial charge in [0.2, 0.25) is 59.1 Å². The van der Waals surface area contributed by atoms with E-state index in [0.29, 0.717) is 51.7 Å². The number of nitrogens with one attached hydrogen (secondary N) is 10. The lowest BCUT2D eigenvalue weighted by Gasteiger charge is -2.37. The molecule has 2 rings (SSSR count). The van der Waals surface area contributed by atoms with E-state index in [4.69, 9.17) is 5.11 Å². The lowest BCUT2D eigenvalue weighted by Crippen LogP contribution is -2.66. The Morgan fingerprint density at radius 3 is 1.66 bits per heavy atom. The van der Waals surface area contributed by atoms with Crippen molar-refractivity contribution in [3.05, 3.63) is 0 Å². The fourth-order valence-electron chi connectivity index (χ4n) is 10.5. The average molecular weight is 1170 g/mol. The summed E-state index contributed by atoms with van der Waals surface area (Å²) in [6.07, 6.45) is 14.3. The first kappa shape index (κ1) is 73.7. The van der Waals surface area contributed by atoms with Gasteiger partial charge in [0.25, 0.3) is 0 Å². The first-order chi connectivity index (χ1) is 39.0. The van der Waals surface area contributed by atoms with Gasteiger partial charge in [0.05, 0.1) is 6.61 Å². The summed E-state index contributed by atoms with van der Waals surface area (Å²) >= 11 is 0. The number of rotatable bonds is 38. The summed E-state index contributed by atoms with van der Waals surface area (Å²) in [5.74, 6) is -5.12. The fraction of sp³-hybridized carbons (Fsp3) is 0.836. The molecule has 1 heterocycles. The van der Waals surface area contributed by atoms with Crippen molar-refractivity contribution in [2.45, 2.75) is 278 Å². The maximum Gasteiger partial charge on any atom is 0.246 e. The Morgan fingerprint density at radius 1 is 0.530 bits per heavy atom. The molecule has 476 valence electrons. The number of carbonyl (C=O) groups excluding carboxylic acids is 10. The summed E-state index contributed by atoms with van der Waals surface area (Å²) < 4.78 is 0. The molecule has 0 unspecified atom stereocenters. The third-order valence-corrected chi connectivity index (χ3v) is 15.5. The van der Waals surface area contributed by atoms with Crippen LogP contribution in [0.1, 0.15) is 225 Å². The molecule has 1 saturated carbocycles. The van der Waals surface area contributed by atoms with Crippen molar-refractivity contribution < 1.29 is 53.1 Å². The van der Waals surface area contributed by atoms with Gasteiger partial charge in [-0.1, -0.05) is 112 Å². The van der Waals surface area contributed by atoms with Crippen LogP contribution >= 0.6 is 0 Å². The van der Waals surface area contributed by atoms with E-state index in [1.54, 1.807) is 4.90 Å². The number of hydrogen-bond donors (Lipinski definition) is 11. The zero-order valence-electron chi connectivity index (χ0n) is 53.1. The van der Waals surface area contributed by atoms with Crippen molar-refractivity contribution in [1.29, 1.82) is 0 Å².